The Labute approximate surface area is 784 Å². The number of amides is 18. The third-order valence-corrected chi connectivity index (χ3v) is 26.1. The summed E-state index contributed by atoms with van der Waals surface area (Å²) >= 11 is 0. The van der Waals surface area contributed by atoms with E-state index in [0.29, 0.717) is 109 Å². The molecule has 8 heterocycles. The number of primary amides is 5. The normalized spacial score (nSPS) is 23.9. The molecular weight excluding hydrogens is 1720 g/mol. The number of carbonyl (C=O) groups excluding carboxylic acids is 18. The first-order valence-corrected chi connectivity index (χ1v) is 47.5. The first-order valence-electron chi connectivity index (χ1n) is 47.5. The van der Waals surface area contributed by atoms with E-state index in [2.05, 4.69) is 48.6 Å². The zero-order valence-electron chi connectivity index (χ0n) is 82.6. The summed E-state index contributed by atoms with van der Waals surface area (Å²) in [6.07, 6.45) is 4.02. The van der Waals surface area contributed by atoms with Crippen LogP contribution in [0.3, 0.4) is 0 Å². The summed E-state index contributed by atoms with van der Waals surface area (Å²) in [4.78, 5) is 254. The van der Waals surface area contributed by atoms with Crippen LogP contribution in [0, 0.1) is 35.5 Å². The van der Waals surface area contributed by atoms with Gasteiger partial charge in [-0.05, 0) is 156 Å². The number of carbonyl (C=O) groups is 18. The number of hydrogen-bond donors (Lipinski definition) is 11. The number of nitrogens with one attached hydrogen (secondary N) is 3. The van der Waals surface area contributed by atoms with Crippen molar-refractivity contribution in [3.05, 3.63) is 0 Å². The molecule has 0 aromatic heterocycles. The molecule has 0 unspecified atom stereocenters. The summed E-state index contributed by atoms with van der Waals surface area (Å²) in [7, 11) is 0. The van der Waals surface area contributed by atoms with E-state index >= 15 is 0 Å². The molecular formula is C90H159N25O18. The van der Waals surface area contributed by atoms with Crippen molar-refractivity contribution in [3.8, 4) is 0 Å². The molecule has 43 nitrogen and oxygen atoms in total. The maximum atomic E-state index is 13.9. The van der Waals surface area contributed by atoms with Crippen LogP contribution in [0.25, 0.3) is 0 Å². The number of hydrogen-bond acceptors (Lipinski definition) is 23. The number of rotatable bonds is 36. The van der Waals surface area contributed by atoms with Crippen LogP contribution in [0.15, 0.2) is 4.99 Å². The third-order valence-electron chi connectivity index (χ3n) is 26.1. The molecule has 8 fully saturated rings. The van der Waals surface area contributed by atoms with Crippen molar-refractivity contribution in [1.29, 1.82) is 0 Å². The Bertz CT molecular complexity index is 4130. The zero-order valence-corrected chi connectivity index (χ0v) is 82.6. The largest absolute Gasteiger partial charge is 0.370 e. The highest BCUT2D eigenvalue weighted by atomic mass is 16.2. The molecule has 0 spiro atoms. The molecule has 0 aliphatic carbocycles. The van der Waals surface area contributed by atoms with Gasteiger partial charge in [-0.2, -0.15) is 0 Å². The topological polar surface area (TPSA) is 606 Å². The summed E-state index contributed by atoms with van der Waals surface area (Å²) in [5.74, 6) is -5.08. The minimum atomic E-state index is -0.965. The number of nitrogens with two attached hydrogens (primary N) is 8. The second-order valence-corrected chi connectivity index (χ2v) is 39.0. The molecule has 8 saturated heterocycles. The number of nitrogens with zero attached hydrogens (tertiary/aromatic N) is 14. The van der Waals surface area contributed by atoms with Crippen molar-refractivity contribution in [2.75, 3.05) is 111 Å². The maximum absolute atomic E-state index is 13.9. The predicted molar refractivity (Wildman–Crippen MR) is 498 cm³/mol. The fourth-order valence-corrected chi connectivity index (χ4v) is 18.4. The van der Waals surface area contributed by atoms with Crippen molar-refractivity contribution < 1.29 is 86.3 Å². The van der Waals surface area contributed by atoms with Gasteiger partial charge in [-0.3, -0.25) is 91.3 Å². The summed E-state index contributed by atoms with van der Waals surface area (Å²) in [6.45, 7) is 44.6. The van der Waals surface area contributed by atoms with Gasteiger partial charge >= 0.3 is 0 Å². The van der Waals surface area contributed by atoms with Gasteiger partial charge in [-0.15, -0.1) is 0 Å². The predicted octanol–water partition coefficient (Wildman–Crippen LogP) is -3.46. The molecule has 17 atom stereocenters. The SMILES string of the molecule is CC(C)C[C@@H]1NCCN([C@@H](CC(C)C)C(=O)N2CCN([C@@H](C)C(N)=O)C(=O)[C@@H]2C)C1=O.CC(C)C[C@@H]1NCCN([C@@H](CC(C)C)C(=O)N2CCN([C@@H](CCC(N)=O)C(N)=O)C(=O)[C@@H]2C)C1=O.CC(C)C[C@H](N)C(=O)N1CCN([C@@H](C)C(=O)N2CCN([C@@H](C)C(N)=O)C(=O)[C@@H]2CC(C)C)C(=O)[C@@H]1CCCN=C(N)N.C[C@@H]1NCCN([C@@H](C)C(=O)N2CCN([C@@H](C)C(N)=O)C(=O)[C@@H]2C)C1=O. The smallest absolute Gasteiger partial charge is 0.246 e. The molecule has 752 valence electrons. The van der Waals surface area contributed by atoms with Crippen LogP contribution in [0.4, 0.5) is 0 Å². The van der Waals surface area contributed by atoms with E-state index in [1.807, 2.05) is 55.4 Å². The van der Waals surface area contributed by atoms with Gasteiger partial charge in [0.15, 0.2) is 5.96 Å². The first-order chi connectivity index (χ1) is 62.0. The Hall–Kier alpha value is -10.4. The van der Waals surface area contributed by atoms with E-state index in [0.717, 1.165) is 6.42 Å². The fraction of sp³-hybridized carbons (Fsp3) is 0.789. The Morgan fingerprint density at radius 2 is 0.654 bits per heavy atom. The Morgan fingerprint density at radius 3 is 1.03 bits per heavy atom. The van der Waals surface area contributed by atoms with Gasteiger partial charge in [0.25, 0.3) is 0 Å². The van der Waals surface area contributed by atoms with Crippen molar-refractivity contribution in [1.82, 2.24) is 79.6 Å². The summed E-state index contributed by atoms with van der Waals surface area (Å²) < 4.78 is 0. The minimum Gasteiger partial charge on any atom is -0.370 e. The van der Waals surface area contributed by atoms with Crippen molar-refractivity contribution in [3.63, 3.8) is 0 Å². The summed E-state index contributed by atoms with van der Waals surface area (Å²) in [5, 5.41) is 9.61. The quantitative estimate of drug-likeness (QED) is 0.0165. The highest BCUT2D eigenvalue weighted by molar-refractivity contribution is 6.00. The molecule has 43 heteroatoms. The lowest BCUT2D eigenvalue weighted by Crippen LogP contribution is -2.67. The van der Waals surface area contributed by atoms with E-state index in [4.69, 9.17) is 45.9 Å². The molecule has 0 aromatic carbocycles. The van der Waals surface area contributed by atoms with E-state index in [-0.39, 0.29) is 190 Å². The van der Waals surface area contributed by atoms with Gasteiger partial charge in [-0.25, -0.2) is 0 Å². The molecule has 19 N–H and O–H groups in total. The van der Waals surface area contributed by atoms with Crippen molar-refractivity contribution in [2.24, 2.45) is 86.4 Å². The fourth-order valence-electron chi connectivity index (χ4n) is 18.4. The average molecular weight is 1880 g/mol. The second-order valence-electron chi connectivity index (χ2n) is 39.0. The highest BCUT2D eigenvalue weighted by Crippen LogP contribution is 2.31. The van der Waals surface area contributed by atoms with Gasteiger partial charge in [0.05, 0.1) is 24.2 Å². The van der Waals surface area contributed by atoms with Crippen LogP contribution in [0.1, 0.15) is 210 Å². The molecule has 133 heavy (non-hydrogen) atoms. The molecule has 0 aromatic rings. The molecule has 8 rings (SSSR count). The number of piperazine rings is 8. The number of aliphatic imine (C=N–C) groups is 1. The summed E-state index contributed by atoms with van der Waals surface area (Å²) in [5.41, 5.74) is 43.9. The van der Waals surface area contributed by atoms with Gasteiger partial charge in [-0.1, -0.05) is 83.1 Å². The highest BCUT2D eigenvalue weighted by Gasteiger charge is 2.51. The van der Waals surface area contributed by atoms with Gasteiger partial charge < -0.3 is 126 Å². The van der Waals surface area contributed by atoms with E-state index in [1.165, 1.54) is 44.1 Å². The van der Waals surface area contributed by atoms with E-state index in [9.17, 15) is 86.3 Å². The number of guanidine groups is 1. The second kappa shape index (κ2) is 51.3. The Morgan fingerprint density at radius 1 is 0.331 bits per heavy atom. The van der Waals surface area contributed by atoms with Crippen LogP contribution >= 0.6 is 0 Å². The molecule has 18 amide bonds. The lowest BCUT2D eigenvalue weighted by molar-refractivity contribution is -0.163. The van der Waals surface area contributed by atoms with E-state index in [1.54, 1.807) is 81.9 Å². The third kappa shape index (κ3) is 30.0. The van der Waals surface area contributed by atoms with Crippen LogP contribution in [-0.4, -0.2) is 390 Å². The monoisotopic (exact) mass is 1880 g/mol. The van der Waals surface area contributed by atoms with Crippen LogP contribution in [-0.2, 0) is 86.3 Å². The van der Waals surface area contributed by atoms with Crippen LogP contribution < -0.4 is 61.8 Å². The van der Waals surface area contributed by atoms with Crippen LogP contribution in [0.2, 0.25) is 0 Å². The Kier molecular flexibility index (Phi) is 43.6. The van der Waals surface area contributed by atoms with Crippen molar-refractivity contribution in [2.45, 2.75) is 312 Å². The van der Waals surface area contributed by atoms with Gasteiger partial charge in [0.1, 0.15) is 78.5 Å². The van der Waals surface area contributed by atoms with Crippen LogP contribution in [0.5, 0.6) is 0 Å². The standard InChI is InChI=1S/C28H51N9O5.C24H42N6O5.C22H39N5O4.C16H27N5O4/c1-16(2)14-20(29)25(40)36-12-11-35(26(41)21(36)8-7-9-33-28(31)32)19(6)24(39)37-13-10-34(18(5)23(30)38)27(42)22(37)15-17(3)4;1-14(2)12-17-23(34)29(9-8-27-17)19(13-15(3)4)24(35)28-10-11-30(22(33)16(28)5)18(21(26)32)6-7-20(25)31;1-13(2)11-17-21(30)27(8-7-24-17)18(12-14(3)4)22(31)26-10-9-25(15(5)19(23)28)20(29)16(26)6;1-9-14(23)19(6-5-18-9)11(3)16(25)21-8-7-20(10(2)13(17)22)15(24)12(21)4/h16-22H,7-15,29H2,1-6H3,(H2,30,38)(H4,31,32,33);14-19,27H,6-13H2,1-5H3,(H2,25,31)(H2,26,32);13-18,24H,7-12H2,1-6H3,(H2,23,28);9-12,18H,5-8H2,1-4H3,(H2,17,22)/t18-,19-,20-,21-,22-;16-,17-,18-,19-;15-,16-,17-,18-;9-,10-,11-,12-/m0000/s1. The lowest BCUT2D eigenvalue weighted by Gasteiger charge is -2.47. The molecule has 8 aliphatic rings. The average Bonchev–Trinajstić information content (AvgIpc) is 0.787. The Balaban J connectivity index is 0.000000318. The molecule has 8 aliphatic heterocycles. The zero-order chi connectivity index (χ0) is 101. The van der Waals surface area contributed by atoms with Gasteiger partial charge in [0.2, 0.25) is 106 Å². The summed E-state index contributed by atoms with van der Waals surface area (Å²) in [6, 6.07) is -11.5. The van der Waals surface area contributed by atoms with Gasteiger partial charge in [0, 0.05) is 118 Å². The minimum absolute atomic E-state index is 0.0412. The lowest BCUT2D eigenvalue weighted by atomic mass is 9.95. The first kappa shape index (κ1) is 113. The van der Waals surface area contributed by atoms with Crippen molar-refractivity contribution >= 4 is 112 Å². The molecule has 0 bridgehead atoms. The molecule has 0 saturated carbocycles. The molecule has 0 radical (unpaired) electrons. The maximum Gasteiger partial charge on any atom is 0.246 e. The van der Waals surface area contributed by atoms with E-state index < -0.39 is 120 Å².